The number of carbonyl (C=O) groups excluding carboxylic acids is 2. The van der Waals surface area contributed by atoms with Crippen LogP contribution >= 0.6 is 0 Å². The Morgan fingerprint density at radius 3 is 2.19 bits per heavy atom. The van der Waals surface area contributed by atoms with Crippen LogP contribution in [0.5, 0.6) is 0 Å². The van der Waals surface area contributed by atoms with Crippen molar-refractivity contribution in [2.45, 2.75) is 52.4 Å². The van der Waals surface area contributed by atoms with Crippen molar-refractivity contribution in [3.8, 4) is 0 Å². The predicted octanol–water partition coefficient (Wildman–Crippen LogP) is 3.41. The molecule has 0 atom stereocenters. The van der Waals surface area contributed by atoms with Crippen LogP contribution < -0.4 is 15.5 Å². The highest BCUT2D eigenvalue weighted by Crippen LogP contribution is 2.60. The van der Waals surface area contributed by atoms with E-state index in [1.807, 2.05) is 13.0 Å². The maximum atomic E-state index is 13.1. The molecule has 6 rings (SSSR count). The number of rotatable bonds is 6. The summed E-state index contributed by atoms with van der Waals surface area (Å²) in [4.78, 5) is 30.6. The Balaban J connectivity index is 1.14. The van der Waals surface area contributed by atoms with Gasteiger partial charge in [-0.1, -0.05) is 6.92 Å². The van der Waals surface area contributed by atoms with Gasteiger partial charge in [0.1, 0.15) is 0 Å². The summed E-state index contributed by atoms with van der Waals surface area (Å²) in [7, 11) is 0. The first-order valence-electron chi connectivity index (χ1n) is 12.6. The van der Waals surface area contributed by atoms with Crippen molar-refractivity contribution in [1.82, 2.24) is 10.2 Å². The minimum Gasteiger partial charge on any atom is -0.369 e. The fourth-order valence-electron chi connectivity index (χ4n) is 7.24. The second-order valence-corrected chi connectivity index (χ2v) is 10.8. The second-order valence-electron chi connectivity index (χ2n) is 10.8. The van der Waals surface area contributed by atoms with Gasteiger partial charge in [0.05, 0.1) is 6.54 Å². The third-order valence-corrected chi connectivity index (χ3v) is 8.60. The van der Waals surface area contributed by atoms with Crippen LogP contribution in [0.3, 0.4) is 0 Å². The molecular formula is C26H38N4O2. The van der Waals surface area contributed by atoms with Crippen molar-refractivity contribution in [2.24, 2.45) is 23.2 Å². The van der Waals surface area contributed by atoms with Crippen LogP contribution in [-0.4, -0.2) is 56.0 Å². The molecule has 0 spiro atoms. The summed E-state index contributed by atoms with van der Waals surface area (Å²) in [5.74, 6) is 2.16. The fraction of sp³-hybridized carbons (Fsp3) is 0.692. The van der Waals surface area contributed by atoms with Gasteiger partial charge < -0.3 is 20.4 Å². The summed E-state index contributed by atoms with van der Waals surface area (Å²) >= 11 is 0. The number of nitrogens with zero attached hydrogens (tertiary/aromatic N) is 2. The SMILES string of the molecule is CCN1CCN(c2ccc(NC(=O)CNC(=O)C34CC5CC(CC(C5)C3)C4)c(C)c2)CC1. The first-order chi connectivity index (χ1) is 15.4. The topological polar surface area (TPSA) is 64.7 Å². The Kier molecular flexibility index (Phi) is 5.91. The van der Waals surface area contributed by atoms with Crippen LogP contribution in [0.25, 0.3) is 0 Å². The maximum absolute atomic E-state index is 13.1. The normalized spacial score (nSPS) is 31.6. The Morgan fingerprint density at radius 1 is 1.00 bits per heavy atom. The largest absolute Gasteiger partial charge is 0.369 e. The van der Waals surface area contributed by atoms with Gasteiger partial charge in [0.15, 0.2) is 0 Å². The number of carbonyl (C=O) groups is 2. The van der Waals surface area contributed by atoms with Crippen molar-refractivity contribution < 1.29 is 9.59 Å². The molecule has 1 aromatic rings. The lowest BCUT2D eigenvalue weighted by molar-refractivity contribution is -0.146. The zero-order chi connectivity index (χ0) is 22.3. The number of amides is 2. The zero-order valence-corrected chi connectivity index (χ0v) is 19.7. The molecule has 2 N–H and O–H groups in total. The molecule has 0 unspecified atom stereocenters. The van der Waals surface area contributed by atoms with Crippen molar-refractivity contribution in [3.05, 3.63) is 23.8 Å². The van der Waals surface area contributed by atoms with Crippen molar-refractivity contribution in [3.63, 3.8) is 0 Å². The third-order valence-electron chi connectivity index (χ3n) is 8.60. The minimum atomic E-state index is -0.200. The average Bonchev–Trinajstić information content (AvgIpc) is 2.78. The lowest BCUT2D eigenvalue weighted by Crippen LogP contribution is -2.54. The number of anilines is 2. The molecule has 5 aliphatic rings. The summed E-state index contributed by atoms with van der Waals surface area (Å²) in [6.07, 6.45) is 7.03. The smallest absolute Gasteiger partial charge is 0.243 e. The van der Waals surface area contributed by atoms with E-state index < -0.39 is 0 Å². The highest BCUT2D eigenvalue weighted by molar-refractivity contribution is 5.96. The molecule has 0 aromatic heterocycles. The summed E-state index contributed by atoms with van der Waals surface area (Å²) in [5.41, 5.74) is 2.90. The summed E-state index contributed by atoms with van der Waals surface area (Å²) < 4.78 is 0. The van der Waals surface area contributed by atoms with E-state index in [0.717, 1.165) is 81.0 Å². The van der Waals surface area contributed by atoms with Crippen LogP contribution in [0, 0.1) is 30.1 Å². The molecule has 1 saturated heterocycles. The Bertz CT molecular complexity index is 839. The highest BCUT2D eigenvalue weighted by atomic mass is 16.2. The molecular weight excluding hydrogens is 400 g/mol. The molecule has 32 heavy (non-hydrogen) atoms. The maximum Gasteiger partial charge on any atom is 0.243 e. The van der Waals surface area contributed by atoms with E-state index in [-0.39, 0.29) is 23.8 Å². The highest BCUT2D eigenvalue weighted by Gasteiger charge is 2.54. The van der Waals surface area contributed by atoms with Crippen LogP contribution in [0.4, 0.5) is 11.4 Å². The quantitative estimate of drug-likeness (QED) is 0.714. The van der Waals surface area contributed by atoms with Gasteiger partial charge in [-0.15, -0.1) is 0 Å². The molecule has 2 amide bonds. The lowest BCUT2D eigenvalue weighted by Gasteiger charge is -2.55. The standard InChI is InChI=1S/C26H38N4O2/c1-3-29-6-8-30(9-7-29)22-4-5-23(18(2)10-22)28-24(31)17-27-25(32)26-14-19-11-20(15-26)13-21(12-19)16-26/h4-5,10,19-21H,3,6-9,11-17H2,1-2H3,(H,27,32)(H,28,31). The Morgan fingerprint density at radius 2 is 1.62 bits per heavy atom. The minimum absolute atomic E-state index is 0.0563. The van der Waals surface area contributed by atoms with Gasteiger partial charge in [-0.25, -0.2) is 0 Å². The summed E-state index contributed by atoms with van der Waals surface area (Å²) in [5, 5.41) is 5.99. The molecule has 1 aliphatic heterocycles. The van der Waals surface area contributed by atoms with Gasteiger partial charge >= 0.3 is 0 Å². The molecule has 1 aromatic carbocycles. The number of benzene rings is 1. The predicted molar refractivity (Wildman–Crippen MR) is 128 cm³/mol. The Labute approximate surface area is 192 Å². The van der Waals surface area contributed by atoms with Crippen molar-refractivity contribution in [2.75, 3.05) is 49.5 Å². The molecule has 5 fully saturated rings. The van der Waals surface area contributed by atoms with Crippen LogP contribution in [0.15, 0.2) is 18.2 Å². The van der Waals surface area contributed by atoms with Gasteiger partial charge in [0.25, 0.3) is 0 Å². The van der Waals surface area contributed by atoms with E-state index in [0.29, 0.717) is 0 Å². The van der Waals surface area contributed by atoms with Crippen LogP contribution in [0.2, 0.25) is 0 Å². The van der Waals surface area contributed by atoms with Gasteiger partial charge in [0, 0.05) is 43.0 Å². The first-order valence-corrected chi connectivity index (χ1v) is 12.6. The number of aryl methyl sites for hydroxylation is 1. The van der Waals surface area contributed by atoms with Crippen molar-refractivity contribution >= 4 is 23.2 Å². The average molecular weight is 439 g/mol. The number of hydrogen-bond donors (Lipinski definition) is 2. The van der Waals surface area contributed by atoms with E-state index in [1.165, 1.54) is 24.9 Å². The van der Waals surface area contributed by atoms with Gasteiger partial charge in [0.2, 0.25) is 11.8 Å². The molecule has 6 nitrogen and oxygen atoms in total. The summed E-state index contributed by atoms with van der Waals surface area (Å²) in [6, 6.07) is 6.25. The second kappa shape index (κ2) is 8.69. The van der Waals surface area contributed by atoms with E-state index in [2.05, 4.69) is 39.5 Å². The van der Waals surface area contributed by atoms with E-state index in [4.69, 9.17) is 0 Å². The monoisotopic (exact) mass is 438 g/mol. The molecule has 0 radical (unpaired) electrons. The Hall–Kier alpha value is -2.08. The molecule has 1 heterocycles. The number of hydrogen-bond acceptors (Lipinski definition) is 4. The van der Waals surface area contributed by atoms with Crippen LogP contribution in [-0.2, 0) is 9.59 Å². The third kappa shape index (κ3) is 4.26. The van der Waals surface area contributed by atoms with Gasteiger partial charge in [-0.2, -0.15) is 0 Å². The molecule has 4 saturated carbocycles. The lowest BCUT2D eigenvalue weighted by atomic mass is 9.49. The van der Waals surface area contributed by atoms with Crippen LogP contribution in [0.1, 0.15) is 51.0 Å². The summed E-state index contributed by atoms with van der Waals surface area (Å²) in [6.45, 7) is 9.68. The molecule has 4 aliphatic carbocycles. The zero-order valence-electron chi connectivity index (χ0n) is 19.7. The van der Waals surface area contributed by atoms with E-state index >= 15 is 0 Å². The van der Waals surface area contributed by atoms with Gasteiger partial charge in [-0.3, -0.25) is 9.59 Å². The van der Waals surface area contributed by atoms with Crippen molar-refractivity contribution in [1.29, 1.82) is 0 Å². The number of nitrogens with one attached hydrogen (secondary N) is 2. The van der Waals surface area contributed by atoms with Gasteiger partial charge in [-0.05, 0) is 93.5 Å². The first kappa shape index (κ1) is 21.7. The number of piperazine rings is 1. The van der Waals surface area contributed by atoms with E-state index in [9.17, 15) is 9.59 Å². The number of likely N-dealkylation sites (N-methyl/N-ethyl adjacent to an activating group) is 1. The molecule has 174 valence electrons. The fourth-order valence-corrected chi connectivity index (χ4v) is 7.24. The molecule has 4 bridgehead atoms. The molecule has 6 heteroatoms. The van der Waals surface area contributed by atoms with E-state index in [1.54, 1.807) is 0 Å².